The zero-order valence-electron chi connectivity index (χ0n) is 12.1. The number of hydrogen-bond acceptors (Lipinski definition) is 4. The molecule has 0 unspecified atom stereocenters. The molecule has 1 aromatic heterocycles. The van der Waals surface area contributed by atoms with Crippen LogP contribution in [-0.4, -0.2) is 30.8 Å². The van der Waals surface area contributed by atoms with E-state index in [0.717, 1.165) is 18.9 Å². The Hall–Kier alpha value is -1.70. The molecular formula is C15H14ClFN2O3S. The van der Waals surface area contributed by atoms with E-state index in [1.807, 2.05) is 0 Å². The molecule has 1 saturated heterocycles. The van der Waals surface area contributed by atoms with E-state index in [1.165, 1.54) is 34.8 Å². The summed E-state index contributed by atoms with van der Waals surface area (Å²) in [6, 6.07) is 6.61. The molecule has 5 nitrogen and oxygen atoms in total. The molecule has 0 bridgehead atoms. The van der Waals surface area contributed by atoms with Gasteiger partial charge in [0.25, 0.3) is 0 Å². The topological polar surface area (TPSA) is 59.5 Å². The molecule has 1 fully saturated rings. The lowest BCUT2D eigenvalue weighted by atomic mass is 10.3. The Morgan fingerprint density at radius 1 is 1.17 bits per heavy atom. The molecule has 2 aromatic rings. The van der Waals surface area contributed by atoms with Gasteiger partial charge in [-0.1, -0.05) is 11.6 Å². The molecule has 2 heterocycles. The van der Waals surface area contributed by atoms with Gasteiger partial charge in [-0.15, -0.1) is 0 Å². The fourth-order valence-electron chi connectivity index (χ4n) is 2.33. The Bertz CT molecular complexity index is 806. The number of nitrogens with zero attached hydrogens (tertiary/aromatic N) is 2. The smallest absolute Gasteiger partial charge is 0.244 e. The lowest BCUT2D eigenvalue weighted by molar-refractivity contribution is 0.458. The van der Waals surface area contributed by atoms with Gasteiger partial charge in [-0.05, 0) is 37.1 Å². The van der Waals surface area contributed by atoms with Crippen molar-refractivity contribution in [3.63, 3.8) is 0 Å². The maximum atomic E-state index is 13.0. The molecule has 1 aliphatic heterocycles. The van der Waals surface area contributed by atoms with Gasteiger partial charge in [-0.3, -0.25) is 0 Å². The average molecular weight is 357 g/mol. The quantitative estimate of drug-likeness (QED) is 0.841. The van der Waals surface area contributed by atoms with E-state index in [1.54, 1.807) is 0 Å². The fourth-order valence-corrected chi connectivity index (χ4v) is 4.00. The lowest BCUT2D eigenvalue weighted by Crippen LogP contribution is -2.27. The summed E-state index contributed by atoms with van der Waals surface area (Å²) in [5.41, 5.74) is 0. The molecule has 3 rings (SSSR count). The van der Waals surface area contributed by atoms with Crippen LogP contribution in [0.25, 0.3) is 0 Å². The first-order valence-corrected chi connectivity index (χ1v) is 8.88. The number of pyridine rings is 1. The van der Waals surface area contributed by atoms with Crippen LogP contribution in [0.15, 0.2) is 41.4 Å². The Kier molecular flexibility index (Phi) is 4.52. The summed E-state index contributed by atoms with van der Waals surface area (Å²) in [7, 11) is -3.50. The van der Waals surface area contributed by atoms with E-state index in [2.05, 4.69) is 4.98 Å². The lowest BCUT2D eigenvalue weighted by Gasteiger charge is -2.15. The molecule has 0 N–H and O–H groups in total. The third kappa shape index (κ3) is 3.46. The SMILES string of the molecule is O=S(=O)(c1ccc(Oc2ccc(F)cc2Cl)nc1)N1CCCC1. The van der Waals surface area contributed by atoms with Crippen LogP contribution in [0.1, 0.15) is 12.8 Å². The molecular weight excluding hydrogens is 343 g/mol. The average Bonchev–Trinajstić information content (AvgIpc) is 3.06. The van der Waals surface area contributed by atoms with Crippen LogP contribution < -0.4 is 4.74 Å². The summed E-state index contributed by atoms with van der Waals surface area (Å²) in [5.74, 6) is -0.0445. The van der Waals surface area contributed by atoms with Crippen molar-refractivity contribution in [1.29, 1.82) is 0 Å². The monoisotopic (exact) mass is 356 g/mol. The summed E-state index contributed by atoms with van der Waals surface area (Å²) in [4.78, 5) is 4.12. The van der Waals surface area contributed by atoms with Crippen LogP contribution in [0.2, 0.25) is 5.02 Å². The van der Waals surface area contributed by atoms with E-state index in [0.29, 0.717) is 13.1 Å². The summed E-state index contributed by atoms with van der Waals surface area (Å²) >= 11 is 5.87. The summed E-state index contributed by atoms with van der Waals surface area (Å²) in [6.45, 7) is 1.07. The third-order valence-electron chi connectivity index (χ3n) is 3.52. The van der Waals surface area contributed by atoms with Gasteiger partial charge in [-0.2, -0.15) is 4.31 Å². The van der Waals surface area contributed by atoms with Crippen molar-refractivity contribution in [3.8, 4) is 11.6 Å². The van der Waals surface area contributed by atoms with Gasteiger partial charge in [0.2, 0.25) is 15.9 Å². The zero-order valence-corrected chi connectivity index (χ0v) is 13.6. The Balaban J connectivity index is 1.79. The highest BCUT2D eigenvalue weighted by Crippen LogP contribution is 2.29. The summed E-state index contributed by atoms with van der Waals surface area (Å²) < 4.78 is 44.6. The first-order valence-electron chi connectivity index (χ1n) is 7.06. The molecule has 0 amide bonds. The largest absolute Gasteiger partial charge is 0.437 e. The van der Waals surface area contributed by atoms with Crippen molar-refractivity contribution >= 4 is 21.6 Å². The van der Waals surface area contributed by atoms with E-state index < -0.39 is 15.8 Å². The molecule has 8 heteroatoms. The van der Waals surface area contributed by atoms with Crippen LogP contribution in [0.3, 0.4) is 0 Å². The second-order valence-corrected chi connectivity index (χ2v) is 7.47. The number of aromatic nitrogens is 1. The van der Waals surface area contributed by atoms with Crippen LogP contribution in [0, 0.1) is 5.82 Å². The molecule has 1 aromatic carbocycles. The van der Waals surface area contributed by atoms with E-state index in [4.69, 9.17) is 16.3 Å². The molecule has 23 heavy (non-hydrogen) atoms. The molecule has 1 aliphatic rings. The van der Waals surface area contributed by atoms with Gasteiger partial charge in [0.1, 0.15) is 16.5 Å². The highest BCUT2D eigenvalue weighted by Gasteiger charge is 2.27. The van der Waals surface area contributed by atoms with E-state index in [-0.39, 0.29) is 21.5 Å². The fraction of sp³-hybridized carbons (Fsp3) is 0.267. The minimum Gasteiger partial charge on any atom is -0.437 e. The Morgan fingerprint density at radius 3 is 2.52 bits per heavy atom. The normalized spacial score (nSPS) is 15.7. The first-order chi connectivity index (χ1) is 11.0. The standard InChI is InChI=1S/C15H14ClFN2O3S/c16-13-9-11(17)3-5-14(13)22-15-6-4-12(10-18-15)23(20,21)19-7-1-2-8-19/h3-6,9-10H,1-2,7-8H2. The minimum absolute atomic E-state index is 0.112. The Morgan fingerprint density at radius 2 is 1.91 bits per heavy atom. The molecule has 0 spiro atoms. The van der Waals surface area contributed by atoms with Crippen LogP contribution in [0.5, 0.6) is 11.6 Å². The molecule has 122 valence electrons. The maximum Gasteiger partial charge on any atom is 0.244 e. The van der Waals surface area contributed by atoms with Crippen molar-refractivity contribution < 1.29 is 17.5 Å². The van der Waals surface area contributed by atoms with Crippen molar-refractivity contribution in [2.24, 2.45) is 0 Å². The summed E-state index contributed by atoms with van der Waals surface area (Å²) in [5, 5.41) is 0.112. The number of rotatable bonds is 4. The number of halogens is 2. The second kappa shape index (κ2) is 6.43. The highest BCUT2D eigenvalue weighted by molar-refractivity contribution is 7.89. The number of ether oxygens (including phenoxy) is 1. The van der Waals surface area contributed by atoms with Gasteiger partial charge >= 0.3 is 0 Å². The van der Waals surface area contributed by atoms with Crippen LogP contribution in [0.4, 0.5) is 4.39 Å². The molecule has 0 saturated carbocycles. The highest BCUT2D eigenvalue weighted by atomic mass is 35.5. The third-order valence-corrected chi connectivity index (χ3v) is 5.70. The molecule has 0 atom stereocenters. The molecule has 0 radical (unpaired) electrons. The van der Waals surface area contributed by atoms with Gasteiger partial charge in [0, 0.05) is 19.2 Å². The van der Waals surface area contributed by atoms with Crippen LogP contribution >= 0.6 is 11.6 Å². The second-order valence-electron chi connectivity index (χ2n) is 5.12. The maximum absolute atomic E-state index is 13.0. The number of benzene rings is 1. The number of sulfonamides is 1. The van der Waals surface area contributed by atoms with Crippen LogP contribution in [-0.2, 0) is 10.0 Å². The zero-order chi connectivity index (χ0) is 16.4. The summed E-state index contributed by atoms with van der Waals surface area (Å²) in [6.07, 6.45) is 2.99. The van der Waals surface area contributed by atoms with Gasteiger partial charge in [-0.25, -0.2) is 17.8 Å². The van der Waals surface area contributed by atoms with Crippen molar-refractivity contribution in [2.45, 2.75) is 17.7 Å². The van der Waals surface area contributed by atoms with Gasteiger partial charge in [0.15, 0.2) is 0 Å². The Labute approximate surface area is 138 Å². The van der Waals surface area contributed by atoms with Crippen molar-refractivity contribution in [1.82, 2.24) is 9.29 Å². The van der Waals surface area contributed by atoms with Gasteiger partial charge in [0.05, 0.1) is 11.2 Å². The predicted octanol–water partition coefficient (Wildman–Crippen LogP) is 3.45. The molecule has 0 aliphatic carbocycles. The van der Waals surface area contributed by atoms with Gasteiger partial charge < -0.3 is 4.74 Å². The van der Waals surface area contributed by atoms with E-state index >= 15 is 0 Å². The first kappa shape index (κ1) is 16.2. The number of hydrogen-bond donors (Lipinski definition) is 0. The minimum atomic E-state index is -3.50. The predicted molar refractivity (Wildman–Crippen MR) is 83.7 cm³/mol. The van der Waals surface area contributed by atoms with Crippen molar-refractivity contribution in [3.05, 3.63) is 47.4 Å². The van der Waals surface area contributed by atoms with Crippen molar-refractivity contribution in [2.75, 3.05) is 13.1 Å². The van der Waals surface area contributed by atoms with E-state index in [9.17, 15) is 12.8 Å².